The molecule has 2 aromatic heterocycles. The SMILES string of the molecule is C[C@@H]1CN(c2cc(=O)n(C)c3cn(C4CCCCO4)nc23)[C@@H](CCO[Si](C)(C)C(C)(C)C)CN1. The standard InChI is InChI=1S/C25H43N5O3Si/c1-18-16-29(19(15-26-18)11-13-33-34(6,7)25(2,3)4)20-14-22(31)28(5)21-17-30(27-24(20)21)23-10-8-9-12-32-23/h14,17-19,23,26H,8-13,15-16H2,1-7H3/t18-,19+,23?/m1/s1. The van der Waals surface area contributed by atoms with Crippen molar-refractivity contribution in [3.8, 4) is 0 Å². The quantitative estimate of drug-likeness (QED) is 0.618. The molecule has 0 saturated carbocycles. The van der Waals surface area contributed by atoms with Gasteiger partial charge in [0.1, 0.15) is 11.7 Å². The number of hydrogen-bond acceptors (Lipinski definition) is 6. The van der Waals surface area contributed by atoms with Crippen molar-refractivity contribution in [2.24, 2.45) is 7.05 Å². The molecule has 2 aliphatic heterocycles. The van der Waals surface area contributed by atoms with Crippen LogP contribution in [-0.4, -0.2) is 61.1 Å². The van der Waals surface area contributed by atoms with Gasteiger partial charge in [-0.15, -0.1) is 0 Å². The molecule has 190 valence electrons. The predicted molar refractivity (Wildman–Crippen MR) is 140 cm³/mol. The molecule has 34 heavy (non-hydrogen) atoms. The number of piperazine rings is 1. The van der Waals surface area contributed by atoms with Gasteiger partial charge < -0.3 is 23.9 Å². The van der Waals surface area contributed by atoms with Crippen molar-refractivity contribution in [1.29, 1.82) is 0 Å². The van der Waals surface area contributed by atoms with Gasteiger partial charge in [0.05, 0.1) is 17.4 Å². The molecule has 2 aromatic rings. The highest BCUT2D eigenvalue weighted by atomic mass is 28.4. The first-order valence-corrected chi connectivity index (χ1v) is 15.7. The van der Waals surface area contributed by atoms with Crippen molar-refractivity contribution < 1.29 is 9.16 Å². The summed E-state index contributed by atoms with van der Waals surface area (Å²) in [6, 6.07) is 2.34. The second kappa shape index (κ2) is 9.76. The normalized spacial score (nSPS) is 24.7. The maximum Gasteiger partial charge on any atom is 0.252 e. The number of hydrogen-bond donors (Lipinski definition) is 1. The zero-order chi connectivity index (χ0) is 24.7. The van der Waals surface area contributed by atoms with Crippen LogP contribution in [-0.2, 0) is 16.2 Å². The summed E-state index contributed by atoms with van der Waals surface area (Å²) in [6.45, 7) is 16.8. The van der Waals surface area contributed by atoms with Crippen LogP contribution in [0, 0.1) is 0 Å². The Bertz CT molecular complexity index is 1050. The molecule has 0 spiro atoms. The van der Waals surface area contributed by atoms with E-state index in [9.17, 15) is 4.79 Å². The summed E-state index contributed by atoms with van der Waals surface area (Å²) < 4.78 is 16.1. The fraction of sp³-hybridized carbons (Fsp3) is 0.760. The summed E-state index contributed by atoms with van der Waals surface area (Å²) in [4.78, 5) is 15.3. The maximum atomic E-state index is 13.0. The summed E-state index contributed by atoms with van der Waals surface area (Å²) in [5.74, 6) is 0. The average Bonchev–Trinajstić information content (AvgIpc) is 3.23. The van der Waals surface area contributed by atoms with Crippen molar-refractivity contribution in [2.45, 2.75) is 89.8 Å². The number of aromatic nitrogens is 3. The minimum Gasteiger partial charge on any atom is -0.417 e. The van der Waals surface area contributed by atoms with Crippen LogP contribution < -0.4 is 15.8 Å². The third-order valence-corrected chi connectivity index (χ3v) is 12.5. The Balaban J connectivity index is 1.63. The smallest absolute Gasteiger partial charge is 0.252 e. The number of aryl methyl sites for hydroxylation is 1. The van der Waals surface area contributed by atoms with Gasteiger partial charge in [-0.25, -0.2) is 4.68 Å². The van der Waals surface area contributed by atoms with E-state index in [0.717, 1.165) is 68.7 Å². The summed E-state index contributed by atoms with van der Waals surface area (Å²) in [6.07, 6.45) is 6.03. The van der Waals surface area contributed by atoms with Gasteiger partial charge in [0, 0.05) is 51.5 Å². The van der Waals surface area contributed by atoms with Crippen molar-refractivity contribution in [2.75, 3.05) is 31.2 Å². The van der Waals surface area contributed by atoms with E-state index in [1.165, 1.54) is 0 Å². The molecule has 2 aliphatic rings. The molecular weight excluding hydrogens is 446 g/mol. The van der Waals surface area contributed by atoms with Gasteiger partial charge in [-0.05, 0) is 50.7 Å². The highest BCUT2D eigenvalue weighted by molar-refractivity contribution is 6.74. The molecule has 0 aliphatic carbocycles. The Hall–Kier alpha value is -1.68. The molecule has 1 unspecified atom stereocenters. The molecule has 2 fully saturated rings. The van der Waals surface area contributed by atoms with Gasteiger partial charge in [-0.3, -0.25) is 4.79 Å². The van der Waals surface area contributed by atoms with E-state index in [1.807, 2.05) is 17.9 Å². The van der Waals surface area contributed by atoms with E-state index >= 15 is 0 Å². The maximum absolute atomic E-state index is 13.0. The summed E-state index contributed by atoms with van der Waals surface area (Å²) in [5, 5.41) is 8.79. The largest absolute Gasteiger partial charge is 0.417 e. The summed E-state index contributed by atoms with van der Waals surface area (Å²) >= 11 is 0. The first kappa shape index (κ1) is 25.4. The third-order valence-electron chi connectivity index (χ3n) is 8.00. The molecule has 4 heterocycles. The average molecular weight is 490 g/mol. The molecule has 4 rings (SSSR count). The second-order valence-corrected chi connectivity index (χ2v) is 16.4. The van der Waals surface area contributed by atoms with Crippen molar-refractivity contribution >= 4 is 25.0 Å². The molecule has 1 N–H and O–H groups in total. The van der Waals surface area contributed by atoms with Crippen LogP contribution in [0.4, 0.5) is 5.69 Å². The molecule has 3 atom stereocenters. The number of nitrogens with one attached hydrogen (secondary N) is 1. The Kier molecular flexibility index (Phi) is 7.29. The van der Waals surface area contributed by atoms with E-state index in [2.05, 4.69) is 51.0 Å². The van der Waals surface area contributed by atoms with Crippen LogP contribution in [0.15, 0.2) is 17.1 Å². The summed E-state index contributed by atoms with van der Waals surface area (Å²) in [5.41, 5.74) is 2.66. The van der Waals surface area contributed by atoms with Crippen LogP contribution in [0.3, 0.4) is 0 Å². The lowest BCUT2D eigenvalue weighted by Crippen LogP contribution is -2.56. The highest BCUT2D eigenvalue weighted by Gasteiger charge is 2.37. The van der Waals surface area contributed by atoms with Crippen molar-refractivity contribution in [3.05, 3.63) is 22.6 Å². The van der Waals surface area contributed by atoms with Crippen LogP contribution in [0.1, 0.15) is 59.6 Å². The lowest BCUT2D eigenvalue weighted by atomic mass is 10.1. The minimum atomic E-state index is -1.80. The first-order valence-electron chi connectivity index (χ1n) is 12.8. The highest BCUT2D eigenvalue weighted by Crippen LogP contribution is 2.37. The van der Waals surface area contributed by atoms with Crippen LogP contribution >= 0.6 is 0 Å². The number of fused-ring (bicyclic) bond motifs is 1. The Morgan fingerprint density at radius 1 is 1.29 bits per heavy atom. The minimum absolute atomic E-state index is 0.00549. The zero-order valence-corrected chi connectivity index (χ0v) is 23.1. The van der Waals surface area contributed by atoms with Gasteiger partial charge in [-0.1, -0.05) is 20.8 Å². The number of nitrogens with zero attached hydrogens (tertiary/aromatic N) is 4. The van der Waals surface area contributed by atoms with Gasteiger partial charge in [-0.2, -0.15) is 5.10 Å². The Labute approximate surface area is 204 Å². The van der Waals surface area contributed by atoms with Gasteiger partial charge in [0.2, 0.25) is 0 Å². The molecule has 0 radical (unpaired) electrons. The number of pyridine rings is 1. The van der Waals surface area contributed by atoms with Gasteiger partial charge >= 0.3 is 0 Å². The van der Waals surface area contributed by atoms with E-state index in [-0.39, 0.29) is 22.9 Å². The zero-order valence-electron chi connectivity index (χ0n) is 22.1. The van der Waals surface area contributed by atoms with Crippen molar-refractivity contribution in [3.63, 3.8) is 0 Å². The molecule has 0 aromatic carbocycles. The molecular formula is C25H43N5O3Si. The lowest BCUT2D eigenvalue weighted by molar-refractivity contribution is -0.0390. The second-order valence-electron chi connectivity index (χ2n) is 11.6. The predicted octanol–water partition coefficient (Wildman–Crippen LogP) is 4.01. The molecule has 9 heteroatoms. The lowest BCUT2D eigenvalue weighted by Gasteiger charge is -2.42. The number of ether oxygens (including phenoxy) is 1. The van der Waals surface area contributed by atoms with Crippen molar-refractivity contribution in [1.82, 2.24) is 19.7 Å². The van der Waals surface area contributed by atoms with Gasteiger partial charge in [0.25, 0.3) is 5.56 Å². The molecule has 0 amide bonds. The molecule has 0 bridgehead atoms. The van der Waals surface area contributed by atoms with Gasteiger partial charge in [0.15, 0.2) is 8.32 Å². The van der Waals surface area contributed by atoms with Crippen LogP contribution in [0.5, 0.6) is 0 Å². The monoisotopic (exact) mass is 489 g/mol. The first-order chi connectivity index (χ1) is 16.0. The van der Waals surface area contributed by atoms with Crippen LogP contribution in [0.25, 0.3) is 11.0 Å². The van der Waals surface area contributed by atoms with E-state index in [1.54, 1.807) is 10.6 Å². The molecule has 8 nitrogen and oxygen atoms in total. The van der Waals surface area contributed by atoms with E-state index in [0.29, 0.717) is 6.04 Å². The fourth-order valence-corrected chi connectivity index (χ4v) is 5.75. The third kappa shape index (κ3) is 5.12. The fourth-order valence-electron chi connectivity index (χ4n) is 4.69. The number of anilines is 1. The Morgan fingerprint density at radius 3 is 2.74 bits per heavy atom. The molecule has 2 saturated heterocycles. The Morgan fingerprint density at radius 2 is 2.06 bits per heavy atom. The number of rotatable bonds is 6. The van der Waals surface area contributed by atoms with Crippen LogP contribution in [0.2, 0.25) is 18.1 Å². The van der Waals surface area contributed by atoms with E-state index < -0.39 is 8.32 Å². The van der Waals surface area contributed by atoms with E-state index in [4.69, 9.17) is 14.3 Å². The topological polar surface area (TPSA) is 73.6 Å². The summed E-state index contributed by atoms with van der Waals surface area (Å²) in [7, 11) is 0.0243.